The van der Waals surface area contributed by atoms with Crippen molar-refractivity contribution < 1.29 is 23.5 Å². The summed E-state index contributed by atoms with van der Waals surface area (Å²) in [5.74, 6) is -4.51. The molecule has 0 bridgehead atoms. The van der Waals surface area contributed by atoms with E-state index in [2.05, 4.69) is 4.90 Å². The van der Waals surface area contributed by atoms with Crippen molar-refractivity contribution in [1.82, 2.24) is 0 Å². The van der Waals surface area contributed by atoms with Crippen LogP contribution in [0.15, 0.2) is 53.8 Å². The molecule has 2 aromatic carbocycles. The Bertz CT molecular complexity index is 1030. The first kappa shape index (κ1) is 22.5. The minimum atomic E-state index is -1.12. The van der Waals surface area contributed by atoms with Gasteiger partial charge in [-0.1, -0.05) is 26.0 Å². The van der Waals surface area contributed by atoms with Crippen LogP contribution in [-0.4, -0.2) is 29.9 Å². The third kappa shape index (κ3) is 4.04. The molecule has 0 fully saturated rings. The van der Waals surface area contributed by atoms with Crippen molar-refractivity contribution in [2.75, 3.05) is 22.9 Å². The summed E-state index contributed by atoms with van der Waals surface area (Å²) >= 11 is 0. The number of nitrogens with zero attached hydrogens (tertiary/aromatic N) is 2. The van der Waals surface area contributed by atoms with Gasteiger partial charge in [-0.05, 0) is 43.7 Å². The summed E-state index contributed by atoms with van der Waals surface area (Å²) in [7, 11) is 0. The molecule has 1 heterocycles. The first-order valence-electron chi connectivity index (χ1n) is 10.3. The summed E-state index contributed by atoms with van der Waals surface area (Å²) in [5.41, 5.74) is 1.57. The fraction of sp³-hybridized carbons (Fsp3) is 0.333. The third-order valence-electron chi connectivity index (χ3n) is 5.52. The highest BCUT2D eigenvalue weighted by atomic mass is 19.2. The van der Waals surface area contributed by atoms with Crippen molar-refractivity contribution in [3.8, 4) is 0 Å². The highest BCUT2D eigenvalue weighted by Crippen LogP contribution is 2.42. The second kappa shape index (κ2) is 8.88. The van der Waals surface area contributed by atoms with Crippen LogP contribution in [0.2, 0.25) is 0 Å². The SMILES string of the molecule is CCN(CC)c1ccc(C2C(C(=O)C(C)C)=C(O)C(=O)N2c2ccc(F)c(F)c2)cc1. The number of hydrogen-bond donors (Lipinski definition) is 1. The number of benzene rings is 2. The van der Waals surface area contributed by atoms with E-state index in [1.165, 1.54) is 6.07 Å². The van der Waals surface area contributed by atoms with Gasteiger partial charge >= 0.3 is 0 Å². The van der Waals surface area contributed by atoms with Gasteiger partial charge in [-0.25, -0.2) is 8.78 Å². The van der Waals surface area contributed by atoms with E-state index in [1.807, 2.05) is 26.0 Å². The lowest BCUT2D eigenvalue weighted by molar-refractivity contribution is -0.119. The van der Waals surface area contributed by atoms with Crippen LogP contribution in [0.25, 0.3) is 0 Å². The molecule has 0 saturated carbocycles. The molecule has 164 valence electrons. The number of amides is 1. The molecular formula is C24H26F2N2O3. The normalized spacial score (nSPS) is 16.4. The van der Waals surface area contributed by atoms with Gasteiger partial charge in [0.25, 0.3) is 5.91 Å². The molecule has 1 aliphatic rings. The topological polar surface area (TPSA) is 60.9 Å². The largest absolute Gasteiger partial charge is 0.503 e. The van der Waals surface area contributed by atoms with Gasteiger partial charge < -0.3 is 10.0 Å². The van der Waals surface area contributed by atoms with Crippen LogP contribution in [0.1, 0.15) is 39.3 Å². The van der Waals surface area contributed by atoms with Gasteiger partial charge in [0.15, 0.2) is 23.2 Å². The lowest BCUT2D eigenvalue weighted by atomic mass is 9.91. The molecule has 7 heteroatoms. The van der Waals surface area contributed by atoms with Gasteiger partial charge in [-0.15, -0.1) is 0 Å². The molecule has 5 nitrogen and oxygen atoms in total. The Morgan fingerprint density at radius 3 is 2.19 bits per heavy atom. The van der Waals surface area contributed by atoms with Crippen molar-refractivity contribution in [3.63, 3.8) is 0 Å². The Hall–Kier alpha value is -3.22. The molecule has 1 amide bonds. The maximum absolute atomic E-state index is 13.9. The zero-order valence-electron chi connectivity index (χ0n) is 18.0. The van der Waals surface area contributed by atoms with Gasteiger partial charge in [-0.3, -0.25) is 14.5 Å². The molecule has 1 N–H and O–H groups in total. The van der Waals surface area contributed by atoms with Crippen LogP contribution in [-0.2, 0) is 9.59 Å². The van der Waals surface area contributed by atoms with Crippen molar-refractivity contribution in [2.45, 2.75) is 33.7 Å². The summed E-state index contributed by atoms with van der Waals surface area (Å²) in [6.45, 7) is 9.06. The number of carbonyl (C=O) groups excluding carboxylic acids is 2. The minimum Gasteiger partial charge on any atom is -0.503 e. The number of halogens is 2. The summed E-state index contributed by atoms with van der Waals surface area (Å²) < 4.78 is 27.4. The van der Waals surface area contributed by atoms with E-state index in [-0.39, 0.29) is 17.0 Å². The molecule has 0 spiro atoms. The summed E-state index contributed by atoms with van der Waals surface area (Å²) in [4.78, 5) is 29.1. The standard InChI is InChI=1S/C24H26F2N2O3/c1-5-27(6-2)16-9-7-15(8-10-16)21-20(22(29)14(3)4)23(30)24(31)28(21)17-11-12-18(25)19(26)13-17/h7-14,21,30H,5-6H2,1-4H3. The van der Waals surface area contributed by atoms with Gasteiger partial charge in [0.1, 0.15) is 0 Å². The fourth-order valence-electron chi connectivity index (χ4n) is 3.84. The van der Waals surface area contributed by atoms with Gasteiger partial charge in [0, 0.05) is 36.4 Å². The average Bonchev–Trinajstić information content (AvgIpc) is 3.01. The zero-order chi connectivity index (χ0) is 22.9. The molecular weight excluding hydrogens is 402 g/mol. The average molecular weight is 428 g/mol. The smallest absolute Gasteiger partial charge is 0.294 e. The molecule has 31 heavy (non-hydrogen) atoms. The van der Waals surface area contributed by atoms with Crippen LogP contribution in [0.4, 0.5) is 20.2 Å². The lowest BCUT2D eigenvalue weighted by Crippen LogP contribution is -2.31. The number of rotatable bonds is 7. The Morgan fingerprint density at radius 2 is 1.68 bits per heavy atom. The highest BCUT2D eigenvalue weighted by molar-refractivity contribution is 6.16. The van der Waals surface area contributed by atoms with Gasteiger partial charge in [0.05, 0.1) is 11.6 Å². The number of anilines is 2. The lowest BCUT2D eigenvalue weighted by Gasteiger charge is -2.28. The predicted octanol–water partition coefficient (Wildman–Crippen LogP) is 4.94. The zero-order valence-corrected chi connectivity index (χ0v) is 18.0. The second-order valence-electron chi connectivity index (χ2n) is 7.72. The van der Waals surface area contributed by atoms with Crippen LogP contribution in [0.3, 0.4) is 0 Å². The van der Waals surface area contributed by atoms with Crippen molar-refractivity contribution in [1.29, 1.82) is 0 Å². The van der Waals surface area contributed by atoms with Crippen molar-refractivity contribution in [2.24, 2.45) is 5.92 Å². The predicted molar refractivity (Wildman–Crippen MR) is 116 cm³/mol. The molecule has 0 aromatic heterocycles. The Labute approximate surface area is 180 Å². The number of carbonyl (C=O) groups is 2. The van der Waals surface area contributed by atoms with E-state index >= 15 is 0 Å². The number of aliphatic hydroxyl groups excluding tert-OH is 1. The van der Waals surface area contributed by atoms with E-state index in [0.29, 0.717) is 5.56 Å². The third-order valence-corrected chi connectivity index (χ3v) is 5.52. The Kier molecular flexibility index (Phi) is 6.43. The maximum Gasteiger partial charge on any atom is 0.294 e. The number of aliphatic hydroxyl groups is 1. The molecule has 1 atom stereocenters. The van der Waals surface area contributed by atoms with E-state index in [0.717, 1.165) is 35.8 Å². The van der Waals surface area contributed by atoms with Crippen molar-refractivity contribution in [3.05, 3.63) is 71.0 Å². The number of hydrogen-bond acceptors (Lipinski definition) is 4. The van der Waals surface area contributed by atoms with E-state index in [1.54, 1.807) is 26.0 Å². The Morgan fingerprint density at radius 1 is 1.06 bits per heavy atom. The summed E-state index contributed by atoms with van der Waals surface area (Å²) in [6, 6.07) is 9.43. The van der Waals surface area contributed by atoms with Crippen LogP contribution in [0.5, 0.6) is 0 Å². The first-order chi connectivity index (χ1) is 14.7. The fourth-order valence-corrected chi connectivity index (χ4v) is 3.84. The molecule has 1 unspecified atom stereocenters. The number of ketones is 1. The van der Waals surface area contributed by atoms with Crippen LogP contribution < -0.4 is 9.80 Å². The van der Waals surface area contributed by atoms with E-state index in [9.17, 15) is 23.5 Å². The molecule has 1 aliphatic heterocycles. The molecule has 2 aromatic rings. The molecule has 3 rings (SSSR count). The monoisotopic (exact) mass is 428 g/mol. The summed E-state index contributed by atoms with van der Waals surface area (Å²) in [6.07, 6.45) is 0. The minimum absolute atomic E-state index is 0.0414. The first-order valence-corrected chi connectivity index (χ1v) is 10.3. The van der Waals surface area contributed by atoms with Crippen LogP contribution >= 0.6 is 0 Å². The van der Waals surface area contributed by atoms with Gasteiger partial charge in [0.2, 0.25) is 0 Å². The molecule has 0 aliphatic carbocycles. The van der Waals surface area contributed by atoms with E-state index in [4.69, 9.17) is 0 Å². The van der Waals surface area contributed by atoms with Gasteiger partial charge in [-0.2, -0.15) is 0 Å². The van der Waals surface area contributed by atoms with E-state index < -0.39 is 35.3 Å². The molecule has 0 saturated heterocycles. The number of Topliss-reactive ketones (excluding diaryl/α,β-unsaturated/α-hetero) is 1. The second-order valence-corrected chi connectivity index (χ2v) is 7.72. The van der Waals surface area contributed by atoms with Crippen LogP contribution in [0, 0.1) is 17.6 Å². The summed E-state index contributed by atoms with van der Waals surface area (Å²) in [5, 5.41) is 10.6. The Balaban J connectivity index is 2.14. The quantitative estimate of drug-likeness (QED) is 0.679. The van der Waals surface area contributed by atoms with Crippen molar-refractivity contribution >= 4 is 23.1 Å². The molecule has 0 radical (unpaired) electrons. The maximum atomic E-state index is 13.9. The highest BCUT2D eigenvalue weighted by Gasteiger charge is 2.45.